The maximum absolute atomic E-state index is 11.5. The van der Waals surface area contributed by atoms with Crippen molar-refractivity contribution in [2.75, 3.05) is 33.0 Å². The highest BCUT2D eigenvalue weighted by molar-refractivity contribution is 5.71. The maximum atomic E-state index is 11.5. The average Bonchev–Trinajstić information content (AvgIpc) is 2.74. The third-order valence-corrected chi connectivity index (χ3v) is 2.35. The summed E-state index contributed by atoms with van der Waals surface area (Å²) in [7, 11) is 1.87. The largest absolute Gasteiger partial charge is 1.00 e. The van der Waals surface area contributed by atoms with E-state index in [1.54, 1.807) is 6.20 Å². The number of aromatic nitrogens is 2. The Bertz CT molecular complexity index is 357. The number of halogens is 1. The van der Waals surface area contributed by atoms with E-state index in [2.05, 4.69) is 4.98 Å². The molecule has 0 saturated carbocycles. The van der Waals surface area contributed by atoms with Crippen molar-refractivity contribution in [1.82, 2.24) is 4.98 Å². The van der Waals surface area contributed by atoms with Gasteiger partial charge in [-0.05, 0) is 6.92 Å². The molecule has 0 aliphatic rings. The van der Waals surface area contributed by atoms with Crippen molar-refractivity contribution >= 4 is 5.97 Å². The number of ether oxygens (including phenoxy) is 3. The van der Waals surface area contributed by atoms with Crippen LogP contribution in [0.15, 0.2) is 12.4 Å². The van der Waals surface area contributed by atoms with Gasteiger partial charge in [-0.25, -0.2) is 9.55 Å². The number of nitrogens with zero attached hydrogens (tertiary/aromatic N) is 1. The lowest BCUT2D eigenvalue weighted by atomic mass is 10.4. The topological polar surface area (TPSA) is 64.4 Å². The second kappa shape index (κ2) is 11.0. The fraction of sp³-hybridized carbons (Fsp3) is 0.667. The molecular formula is C12H21BrN2O4. The summed E-state index contributed by atoms with van der Waals surface area (Å²) < 4.78 is 17.2. The number of carbonyl (C=O) groups excluding carboxylic acids is 1. The summed E-state index contributed by atoms with van der Waals surface area (Å²) in [5, 5.41) is 0. The van der Waals surface area contributed by atoms with E-state index in [9.17, 15) is 4.79 Å². The molecule has 0 aromatic carbocycles. The summed E-state index contributed by atoms with van der Waals surface area (Å²) in [6.07, 6.45) is 3.86. The van der Waals surface area contributed by atoms with Gasteiger partial charge >= 0.3 is 5.97 Å². The first kappa shape index (κ1) is 18.1. The first-order valence-electron chi connectivity index (χ1n) is 6.07. The van der Waals surface area contributed by atoms with Crippen molar-refractivity contribution in [2.24, 2.45) is 7.05 Å². The minimum atomic E-state index is -0.263. The van der Waals surface area contributed by atoms with Gasteiger partial charge in [-0.15, -0.1) is 0 Å². The Morgan fingerprint density at radius 1 is 1.26 bits per heavy atom. The Morgan fingerprint density at radius 2 is 1.95 bits per heavy atom. The molecule has 1 aromatic rings. The third-order valence-electron chi connectivity index (χ3n) is 2.35. The number of aromatic amines is 1. The summed E-state index contributed by atoms with van der Waals surface area (Å²) in [4.78, 5) is 14.4. The van der Waals surface area contributed by atoms with Gasteiger partial charge in [0.2, 0.25) is 0 Å². The van der Waals surface area contributed by atoms with Crippen LogP contribution in [0.4, 0.5) is 0 Å². The van der Waals surface area contributed by atoms with Crippen LogP contribution in [0, 0.1) is 0 Å². The number of carbonyl (C=O) groups is 1. The molecule has 0 saturated heterocycles. The van der Waals surface area contributed by atoms with Crippen LogP contribution in [0.3, 0.4) is 0 Å². The second-order valence-corrected chi connectivity index (χ2v) is 3.72. The summed E-state index contributed by atoms with van der Waals surface area (Å²) >= 11 is 0. The summed E-state index contributed by atoms with van der Waals surface area (Å²) in [5.41, 5.74) is 0. The normalized spacial score (nSPS) is 10.0. The number of hydrogen-bond donors (Lipinski definition) is 1. The van der Waals surface area contributed by atoms with Gasteiger partial charge in [0.05, 0.1) is 26.9 Å². The Morgan fingerprint density at radius 3 is 2.58 bits per heavy atom. The number of H-pyrrole nitrogens is 1. The standard InChI is InChI=1S/C12H20N2O4.BrH/c1-3-16-6-7-17-8-9-18-12(15)10-11-13-4-5-14(11)2;/h4-5H,3,6-10H2,1-2H3;1H. The van der Waals surface area contributed by atoms with E-state index in [-0.39, 0.29) is 36.0 Å². The number of aryl methyl sites for hydroxylation is 1. The van der Waals surface area contributed by atoms with Gasteiger partial charge in [-0.1, -0.05) is 0 Å². The molecule has 0 amide bonds. The van der Waals surface area contributed by atoms with Gasteiger partial charge in [0, 0.05) is 6.61 Å². The smallest absolute Gasteiger partial charge is 0.318 e. The second-order valence-electron chi connectivity index (χ2n) is 3.72. The first-order chi connectivity index (χ1) is 8.74. The fourth-order valence-electron chi connectivity index (χ4n) is 1.38. The molecule has 110 valence electrons. The lowest BCUT2D eigenvalue weighted by Gasteiger charge is -2.05. The van der Waals surface area contributed by atoms with E-state index in [0.29, 0.717) is 26.4 Å². The van der Waals surface area contributed by atoms with Crippen LogP contribution in [0.2, 0.25) is 0 Å². The van der Waals surface area contributed by atoms with E-state index in [4.69, 9.17) is 14.2 Å². The highest BCUT2D eigenvalue weighted by atomic mass is 79.9. The van der Waals surface area contributed by atoms with Crippen LogP contribution in [0.25, 0.3) is 0 Å². The highest BCUT2D eigenvalue weighted by Gasteiger charge is 2.13. The van der Waals surface area contributed by atoms with E-state index in [1.807, 2.05) is 24.7 Å². The monoisotopic (exact) mass is 336 g/mol. The molecule has 0 atom stereocenters. The molecule has 0 fully saturated rings. The molecular weight excluding hydrogens is 316 g/mol. The van der Waals surface area contributed by atoms with Crippen molar-refractivity contribution in [3.63, 3.8) is 0 Å². The number of imidazole rings is 1. The van der Waals surface area contributed by atoms with Crippen LogP contribution < -0.4 is 21.5 Å². The van der Waals surface area contributed by atoms with Crippen LogP contribution in [0.5, 0.6) is 0 Å². The molecule has 0 aliphatic heterocycles. The molecule has 0 radical (unpaired) electrons. The Labute approximate surface area is 123 Å². The molecule has 1 heterocycles. The molecule has 0 unspecified atom stereocenters. The summed E-state index contributed by atoms with van der Waals surface area (Å²) in [6.45, 7) is 4.39. The van der Waals surface area contributed by atoms with Gasteiger partial charge in [-0.3, -0.25) is 4.79 Å². The van der Waals surface area contributed by atoms with E-state index < -0.39 is 0 Å². The van der Waals surface area contributed by atoms with Crippen molar-refractivity contribution in [2.45, 2.75) is 13.3 Å². The van der Waals surface area contributed by atoms with Gasteiger partial charge in [0.1, 0.15) is 25.4 Å². The molecule has 19 heavy (non-hydrogen) atoms. The Kier molecular flexibility index (Phi) is 10.4. The molecule has 1 aromatic heterocycles. The lowest BCUT2D eigenvalue weighted by molar-refractivity contribution is -0.677. The maximum Gasteiger partial charge on any atom is 0.318 e. The number of rotatable bonds is 9. The average molecular weight is 337 g/mol. The Balaban J connectivity index is 0.00000324. The summed E-state index contributed by atoms with van der Waals surface area (Å²) in [5.74, 6) is 0.554. The zero-order chi connectivity index (χ0) is 13.2. The van der Waals surface area contributed by atoms with Crippen molar-refractivity contribution < 1.29 is 40.6 Å². The molecule has 7 heteroatoms. The van der Waals surface area contributed by atoms with Crippen LogP contribution in [-0.4, -0.2) is 44.0 Å². The predicted octanol–water partition coefficient (Wildman–Crippen LogP) is -3.02. The third kappa shape index (κ3) is 7.97. The number of hydrogen-bond acceptors (Lipinski definition) is 4. The molecule has 1 rings (SSSR count). The number of esters is 1. The predicted molar refractivity (Wildman–Crippen MR) is 63.9 cm³/mol. The van der Waals surface area contributed by atoms with Crippen LogP contribution in [-0.2, 0) is 32.5 Å². The fourth-order valence-corrected chi connectivity index (χ4v) is 1.38. The quantitative estimate of drug-likeness (QED) is 0.296. The van der Waals surface area contributed by atoms with Crippen LogP contribution in [0.1, 0.15) is 12.7 Å². The first-order valence-corrected chi connectivity index (χ1v) is 6.07. The molecule has 6 nitrogen and oxygen atoms in total. The minimum absolute atomic E-state index is 0. The van der Waals surface area contributed by atoms with Crippen LogP contribution >= 0.6 is 0 Å². The molecule has 0 spiro atoms. The van der Waals surface area contributed by atoms with Crippen molar-refractivity contribution in [3.05, 3.63) is 18.2 Å². The molecule has 0 bridgehead atoms. The van der Waals surface area contributed by atoms with E-state index >= 15 is 0 Å². The lowest BCUT2D eigenvalue weighted by Crippen LogP contribution is -3.00. The van der Waals surface area contributed by atoms with Gasteiger partial charge < -0.3 is 31.2 Å². The minimum Gasteiger partial charge on any atom is -1.00 e. The molecule has 1 N–H and O–H groups in total. The van der Waals surface area contributed by atoms with Gasteiger partial charge in [0.25, 0.3) is 5.82 Å². The van der Waals surface area contributed by atoms with Crippen molar-refractivity contribution in [3.8, 4) is 0 Å². The van der Waals surface area contributed by atoms with Gasteiger partial charge in [-0.2, -0.15) is 0 Å². The zero-order valence-electron chi connectivity index (χ0n) is 11.4. The molecule has 0 aliphatic carbocycles. The van der Waals surface area contributed by atoms with Crippen molar-refractivity contribution in [1.29, 1.82) is 0 Å². The SMILES string of the molecule is CCOCCOCCOC(=O)Cc1[nH]cc[n+]1C.[Br-]. The van der Waals surface area contributed by atoms with E-state index in [0.717, 1.165) is 5.82 Å². The van der Waals surface area contributed by atoms with Gasteiger partial charge in [0.15, 0.2) is 0 Å². The highest BCUT2D eigenvalue weighted by Crippen LogP contribution is 1.91. The number of nitrogens with one attached hydrogen (secondary N) is 1. The van der Waals surface area contributed by atoms with E-state index in [1.165, 1.54) is 0 Å². The Hall–Kier alpha value is -0.920. The zero-order valence-corrected chi connectivity index (χ0v) is 12.9. The summed E-state index contributed by atoms with van der Waals surface area (Å²) in [6, 6.07) is 0.